The summed E-state index contributed by atoms with van der Waals surface area (Å²) in [6.07, 6.45) is 4.87. The second-order valence-electron chi connectivity index (χ2n) is 5.72. The lowest BCUT2D eigenvalue weighted by Crippen LogP contribution is -2.18. The Morgan fingerprint density at radius 2 is 2.19 bits per heavy atom. The third-order valence-electron chi connectivity index (χ3n) is 3.30. The first-order valence-electron chi connectivity index (χ1n) is 7.54. The summed E-state index contributed by atoms with van der Waals surface area (Å²) < 4.78 is 2.09. The molecular weight excluding hydrogens is 278 g/mol. The number of hydrogen-bond acceptors (Lipinski definition) is 3. The Morgan fingerprint density at radius 3 is 2.90 bits per heavy atom. The lowest BCUT2D eigenvalue weighted by Gasteiger charge is -2.09. The third kappa shape index (κ3) is 5.56. The van der Waals surface area contributed by atoms with E-state index in [-0.39, 0.29) is 0 Å². The molecule has 0 unspecified atom stereocenters. The summed E-state index contributed by atoms with van der Waals surface area (Å²) in [5, 5.41) is 3.49. The number of nitrogens with zero attached hydrogens (tertiary/aromatic N) is 2. The van der Waals surface area contributed by atoms with Gasteiger partial charge in [-0.05, 0) is 30.2 Å². The largest absolute Gasteiger partial charge is 0.338 e. The van der Waals surface area contributed by atoms with Gasteiger partial charge < -0.3 is 9.88 Å². The molecule has 0 atom stereocenters. The van der Waals surface area contributed by atoms with Crippen LogP contribution in [0.3, 0.4) is 0 Å². The highest BCUT2D eigenvalue weighted by atomic mass is 32.2. The van der Waals surface area contributed by atoms with Crippen molar-refractivity contribution in [2.75, 3.05) is 12.3 Å². The quantitative estimate of drug-likeness (QED) is 0.757. The number of hydrogen-bond donors (Lipinski definition) is 1. The summed E-state index contributed by atoms with van der Waals surface area (Å²) in [6.45, 7) is 6.48. The fraction of sp³-hybridized carbons (Fsp3) is 0.471. The minimum absolute atomic E-state index is 0.695. The average molecular weight is 303 g/mol. The van der Waals surface area contributed by atoms with Gasteiger partial charge in [-0.15, -0.1) is 11.8 Å². The van der Waals surface area contributed by atoms with Crippen LogP contribution < -0.4 is 5.32 Å². The highest BCUT2D eigenvalue weighted by Crippen LogP contribution is 2.20. The maximum Gasteiger partial charge on any atom is 0.109 e. The van der Waals surface area contributed by atoms with E-state index in [0.717, 1.165) is 31.1 Å². The molecule has 4 heteroatoms. The van der Waals surface area contributed by atoms with Gasteiger partial charge in [0, 0.05) is 43.1 Å². The number of thioether (sulfide) groups is 1. The van der Waals surface area contributed by atoms with Crippen molar-refractivity contribution in [1.82, 2.24) is 14.9 Å². The van der Waals surface area contributed by atoms with E-state index in [1.807, 2.05) is 31.2 Å². The van der Waals surface area contributed by atoms with E-state index < -0.39 is 0 Å². The number of imidazole rings is 1. The van der Waals surface area contributed by atoms with Gasteiger partial charge in [0.25, 0.3) is 0 Å². The van der Waals surface area contributed by atoms with Crippen LogP contribution in [0.2, 0.25) is 0 Å². The van der Waals surface area contributed by atoms with Crippen LogP contribution in [0, 0.1) is 5.92 Å². The third-order valence-corrected chi connectivity index (χ3v) is 4.29. The molecule has 2 aromatic rings. The Labute approximate surface area is 132 Å². The summed E-state index contributed by atoms with van der Waals surface area (Å²) in [7, 11) is 2.05. The van der Waals surface area contributed by atoms with Gasteiger partial charge in [-0.25, -0.2) is 4.98 Å². The summed E-state index contributed by atoms with van der Waals surface area (Å²) in [5.74, 6) is 2.91. The van der Waals surface area contributed by atoms with Gasteiger partial charge in [0.05, 0.1) is 0 Å². The lowest BCUT2D eigenvalue weighted by molar-refractivity contribution is 0.552. The van der Waals surface area contributed by atoms with Crippen molar-refractivity contribution in [3.8, 4) is 0 Å². The number of aryl methyl sites for hydroxylation is 2. The van der Waals surface area contributed by atoms with E-state index in [4.69, 9.17) is 0 Å². The SMILES string of the molecule is CC(C)CNCc1cccc(SCCc2nccn2C)c1. The maximum absolute atomic E-state index is 4.36. The Balaban J connectivity index is 1.79. The van der Waals surface area contributed by atoms with Crippen LogP contribution in [-0.4, -0.2) is 21.8 Å². The van der Waals surface area contributed by atoms with Gasteiger partial charge in [0.15, 0.2) is 0 Å². The van der Waals surface area contributed by atoms with E-state index in [2.05, 4.69) is 53.0 Å². The first kappa shape index (κ1) is 16.1. The van der Waals surface area contributed by atoms with E-state index >= 15 is 0 Å². The van der Waals surface area contributed by atoms with Gasteiger partial charge in [0.2, 0.25) is 0 Å². The van der Waals surface area contributed by atoms with Gasteiger partial charge in [-0.1, -0.05) is 26.0 Å². The standard InChI is InChI=1S/C17H25N3S/c1-14(2)12-18-13-15-5-4-6-16(11-15)21-10-7-17-19-8-9-20(17)3/h4-6,8-9,11,14,18H,7,10,12-13H2,1-3H3. The number of nitrogens with one attached hydrogen (secondary N) is 1. The number of rotatable bonds is 8. The molecule has 0 saturated heterocycles. The molecule has 0 amide bonds. The molecule has 21 heavy (non-hydrogen) atoms. The van der Waals surface area contributed by atoms with Gasteiger partial charge in [-0.3, -0.25) is 0 Å². The Bertz CT molecular complexity index is 548. The topological polar surface area (TPSA) is 29.9 Å². The van der Waals surface area contributed by atoms with Gasteiger partial charge in [-0.2, -0.15) is 0 Å². The second-order valence-corrected chi connectivity index (χ2v) is 6.89. The molecular formula is C17H25N3S. The molecule has 1 aromatic carbocycles. The Hall–Kier alpha value is -1.26. The molecule has 0 fully saturated rings. The Morgan fingerprint density at radius 1 is 1.33 bits per heavy atom. The zero-order valence-corrected chi connectivity index (χ0v) is 14.0. The molecule has 1 heterocycles. The molecule has 0 saturated carbocycles. The molecule has 0 aliphatic rings. The minimum atomic E-state index is 0.695. The molecule has 3 nitrogen and oxygen atoms in total. The zero-order chi connectivity index (χ0) is 15.1. The molecule has 1 aromatic heterocycles. The Kier molecular flexibility index (Phi) is 6.33. The van der Waals surface area contributed by atoms with Crippen molar-refractivity contribution in [3.05, 3.63) is 48.0 Å². The minimum Gasteiger partial charge on any atom is -0.338 e. The summed E-state index contributed by atoms with van der Waals surface area (Å²) in [5.41, 5.74) is 1.36. The van der Waals surface area contributed by atoms with Crippen molar-refractivity contribution in [2.24, 2.45) is 13.0 Å². The van der Waals surface area contributed by atoms with Crippen molar-refractivity contribution < 1.29 is 0 Å². The molecule has 0 bridgehead atoms. The monoisotopic (exact) mass is 303 g/mol. The van der Waals surface area contributed by atoms with Crippen LogP contribution in [0.5, 0.6) is 0 Å². The van der Waals surface area contributed by atoms with Gasteiger partial charge >= 0.3 is 0 Å². The van der Waals surface area contributed by atoms with Crippen LogP contribution in [0.1, 0.15) is 25.2 Å². The molecule has 0 aliphatic heterocycles. The molecule has 0 radical (unpaired) electrons. The number of benzene rings is 1. The first-order valence-corrected chi connectivity index (χ1v) is 8.52. The molecule has 2 rings (SSSR count). The lowest BCUT2D eigenvalue weighted by atomic mass is 10.2. The fourth-order valence-corrected chi connectivity index (χ4v) is 3.08. The van der Waals surface area contributed by atoms with Crippen molar-refractivity contribution in [1.29, 1.82) is 0 Å². The highest BCUT2D eigenvalue weighted by Gasteiger charge is 2.01. The maximum atomic E-state index is 4.36. The predicted molar refractivity (Wildman–Crippen MR) is 90.6 cm³/mol. The van der Waals surface area contributed by atoms with Crippen molar-refractivity contribution in [2.45, 2.75) is 31.7 Å². The first-order chi connectivity index (χ1) is 10.1. The summed E-state index contributed by atoms with van der Waals surface area (Å²) in [4.78, 5) is 5.70. The number of aromatic nitrogens is 2. The van der Waals surface area contributed by atoms with E-state index in [1.54, 1.807) is 0 Å². The summed E-state index contributed by atoms with van der Waals surface area (Å²) in [6, 6.07) is 8.82. The second kappa shape index (κ2) is 8.25. The smallest absolute Gasteiger partial charge is 0.109 e. The summed E-state index contributed by atoms with van der Waals surface area (Å²) >= 11 is 1.90. The molecule has 1 N–H and O–H groups in total. The van der Waals surface area contributed by atoms with E-state index in [0.29, 0.717) is 5.92 Å². The van der Waals surface area contributed by atoms with Crippen LogP contribution in [0.25, 0.3) is 0 Å². The zero-order valence-electron chi connectivity index (χ0n) is 13.2. The van der Waals surface area contributed by atoms with Crippen LogP contribution in [-0.2, 0) is 20.0 Å². The van der Waals surface area contributed by atoms with Crippen LogP contribution >= 0.6 is 11.8 Å². The molecule has 0 aliphatic carbocycles. The fourth-order valence-electron chi connectivity index (χ4n) is 2.15. The molecule has 0 spiro atoms. The van der Waals surface area contributed by atoms with Crippen LogP contribution in [0.15, 0.2) is 41.6 Å². The van der Waals surface area contributed by atoms with E-state index in [9.17, 15) is 0 Å². The normalized spacial score (nSPS) is 11.2. The van der Waals surface area contributed by atoms with Gasteiger partial charge in [0.1, 0.15) is 5.82 Å². The predicted octanol–water partition coefficient (Wildman–Crippen LogP) is 3.50. The highest BCUT2D eigenvalue weighted by molar-refractivity contribution is 7.99. The van der Waals surface area contributed by atoms with E-state index in [1.165, 1.54) is 10.5 Å². The van der Waals surface area contributed by atoms with Crippen molar-refractivity contribution in [3.63, 3.8) is 0 Å². The average Bonchev–Trinajstić information content (AvgIpc) is 2.85. The van der Waals surface area contributed by atoms with Crippen molar-refractivity contribution >= 4 is 11.8 Å². The molecule has 114 valence electrons. The van der Waals surface area contributed by atoms with Crippen LogP contribution in [0.4, 0.5) is 0 Å².